The standard InChI is InChI=1S/C26H26N2O3/c29-24(27-16-18-9-5-2-6-10-18)21(15-17-7-3-1-4-8-17)28-25(30)22-19-11-12-20(14-13-19)23(22)26(28)31/h1-12,19-23H,13-16H2,(H,27,29)/t19-,20-,21-,22-,23-/m0/s1. The van der Waals surface area contributed by atoms with E-state index in [1.54, 1.807) is 0 Å². The first-order valence-corrected chi connectivity index (χ1v) is 11.0. The Morgan fingerprint density at radius 3 is 1.87 bits per heavy atom. The molecule has 2 aromatic rings. The molecule has 1 N–H and O–H groups in total. The molecule has 2 bridgehead atoms. The highest BCUT2D eigenvalue weighted by atomic mass is 16.2. The number of amides is 3. The average Bonchev–Trinajstić information content (AvgIpc) is 3.10. The Labute approximate surface area is 182 Å². The highest BCUT2D eigenvalue weighted by Crippen LogP contribution is 2.50. The molecule has 5 heteroatoms. The van der Waals surface area contributed by atoms with Crippen molar-refractivity contribution in [3.63, 3.8) is 0 Å². The number of imide groups is 1. The number of hydrogen-bond donors (Lipinski definition) is 1. The Hall–Kier alpha value is -3.21. The highest BCUT2D eigenvalue weighted by molar-refractivity contribution is 6.09. The largest absolute Gasteiger partial charge is 0.350 e. The predicted molar refractivity (Wildman–Crippen MR) is 116 cm³/mol. The van der Waals surface area contributed by atoms with Gasteiger partial charge in [-0.2, -0.15) is 0 Å². The fourth-order valence-corrected chi connectivity index (χ4v) is 5.45. The minimum Gasteiger partial charge on any atom is -0.350 e. The van der Waals surface area contributed by atoms with E-state index >= 15 is 0 Å². The molecule has 1 saturated carbocycles. The van der Waals surface area contributed by atoms with E-state index in [2.05, 4.69) is 17.5 Å². The summed E-state index contributed by atoms with van der Waals surface area (Å²) in [5.41, 5.74) is 1.91. The lowest BCUT2D eigenvalue weighted by molar-refractivity contribution is -0.148. The van der Waals surface area contributed by atoms with E-state index < -0.39 is 6.04 Å². The molecule has 1 aliphatic heterocycles. The van der Waals surface area contributed by atoms with Crippen LogP contribution in [0.4, 0.5) is 0 Å². The van der Waals surface area contributed by atoms with Crippen molar-refractivity contribution in [2.24, 2.45) is 23.7 Å². The number of carbonyl (C=O) groups excluding carboxylic acids is 3. The number of benzene rings is 2. The van der Waals surface area contributed by atoms with Crippen LogP contribution >= 0.6 is 0 Å². The van der Waals surface area contributed by atoms with Crippen molar-refractivity contribution in [2.75, 3.05) is 0 Å². The summed E-state index contributed by atoms with van der Waals surface area (Å²) < 4.78 is 0. The molecule has 3 amide bonds. The highest BCUT2D eigenvalue weighted by Gasteiger charge is 2.58. The molecular formula is C26H26N2O3. The number of fused-ring (bicyclic) bond motifs is 1. The minimum atomic E-state index is -0.837. The number of nitrogens with one attached hydrogen (secondary N) is 1. The molecule has 6 rings (SSSR count). The van der Waals surface area contributed by atoms with Crippen LogP contribution in [0.15, 0.2) is 72.8 Å². The zero-order valence-electron chi connectivity index (χ0n) is 17.3. The van der Waals surface area contributed by atoms with Crippen LogP contribution in [0.5, 0.6) is 0 Å². The monoisotopic (exact) mass is 414 g/mol. The van der Waals surface area contributed by atoms with Crippen molar-refractivity contribution in [3.05, 3.63) is 83.9 Å². The Morgan fingerprint density at radius 2 is 1.35 bits per heavy atom. The molecule has 5 nitrogen and oxygen atoms in total. The van der Waals surface area contributed by atoms with E-state index in [0.29, 0.717) is 13.0 Å². The number of nitrogens with zero attached hydrogens (tertiary/aromatic N) is 1. The lowest BCUT2D eigenvalue weighted by Gasteiger charge is -2.38. The second-order valence-corrected chi connectivity index (χ2v) is 8.80. The van der Waals surface area contributed by atoms with Gasteiger partial charge in [0.2, 0.25) is 17.7 Å². The van der Waals surface area contributed by atoms with Gasteiger partial charge in [-0.3, -0.25) is 19.3 Å². The topological polar surface area (TPSA) is 66.5 Å². The number of likely N-dealkylation sites (tertiary alicyclic amines) is 1. The molecule has 31 heavy (non-hydrogen) atoms. The number of rotatable bonds is 6. The Bertz CT molecular complexity index is 985. The van der Waals surface area contributed by atoms with Gasteiger partial charge < -0.3 is 5.32 Å². The summed E-state index contributed by atoms with van der Waals surface area (Å²) >= 11 is 0. The summed E-state index contributed by atoms with van der Waals surface area (Å²) in [4.78, 5) is 41.5. The van der Waals surface area contributed by atoms with Crippen molar-refractivity contribution in [1.29, 1.82) is 0 Å². The summed E-state index contributed by atoms with van der Waals surface area (Å²) in [6.45, 7) is 0.362. The van der Waals surface area contributed by atoms with Crippen molar-refractivity contribution in [1.82, 2.24) is 10.2 Å². The molecule has 4 aliphatic rings. The van der Waals surface area contributed by atoms with Crippen LogP contribution in [-0.4, -0.2) is 28.7 Å². The number of allylic oxidation sites excluding steroid dienone is 2. The minimum absolute atomic E-state index is 0.112. The fraction of sp³-hybridized carbons (Fsp3) is 0.346. The third-order valence-corrected chi connectivity index (χ3v) is 6.99. The number of hydrogen-bond acceptors (Lipinski definition) is 3. The molecular weight excluding hydrogens is 388 g/mol. The maximum Gasteiger partial charge on any atom is 0.243 e. The first kappa shape index (κ1) is 19.7. The molecule has 1 saturated heterocycles. The van der Waals surface area contributed by atoms with Gasteiger partial charge in [0.05, 0.1) is 11.8 Å². The van der Waals surface area contributed by atoms with Gasteiger partial charge in [0.25, 0.3) is 0 Å². The first-order valence-electron chi connectivity index (χ1n) is 11.0. The Balaban J connectivity index is 1.42. The van der Waals surface area contributed by atoms with Crippen LogP contribution in [0, 0.1) is 23.7 Å². The quantitative estimate of drug-likeness (QED) is 0.583. The Morgan fingerprint density at radius 1 is 0.839 bits per heavy atom. The predicted octanol–water partition coefficient (Wildman–Crippen LogP) is 3.11. The van der Waals surface area contributed by atoms with E-state index in [9.17, 15) is 14.4 Å². The fourth-order valence-electron chi connectivity index (χ4n) is 5.45. The summed E-state index contributed by atoms with van der Waals surface area (Å²) in [6, 6.07) is 18.4. The second kappa shape index (κ2) is 8.14. The number of carbonyl (C=O) groups is 3. The van der Waals surface area contributed by atoms with E-state index in [1.165, 1.54) is 4.90 Å². The van der Waals surface area contributed by atoms with Crippen LogP contribution in [-0.2, 0) is 27.3 Å². The molecule has 3 aliphatic carbocycles. The Kier molecular flexibility index (Phi) is 5.18. The van der Waals surface area contributed by atoms with E-state index in [1.807, 2.05) is 60.7 Å². The van der Waals surface area contributed by atoms with Crippen molar-refractivity contribution in [3.8, 4) is 0 Å². The van der Waals surface area contributed by atoms with E-state index in [0.717, 1.165) is 24.0 Å². The molecule has 0 unspecified atom stereocenters. The zero-order chi connectivity index (χ0) is 21.4. The zero-order valence-corrected chi connectivity index (χ0v) is 17.3. The lowest BCUT2D eigenvalue weighted by atomic mass is 9.63. The molecule has 0 aromatic heterocycles. The van der Waals surface area contributed by atoms with Crippen LogP contribution in [0.25, 0.3) is 0 Å². The second-order valence-electron chi connectivity index (χ2n) is 8.80. The third-order valence-electron chi connectivity index (χ3n) is 6.99. The van der Waals surface area contributed by atoms with Gasteiger partial charge in [-0.25, -0.2) is 0 Å². The van der Waals surface area contributed by atoms with Gasteiger partial charge in [0.1, 0.15) is 6.04 Å². The van der Waals surface area contributed by atoms with E-state index in [-0.39, 0.29) is 41.4 Å². The van der Waals surface area contributed by atoms with Gasteiger partial charge in [0.15, 0.2) is 0 Å². The van der Waals surface area contributed by atoms with Crippen molar-refractivity contribution >= 4 is 17.7 Å². The van der Waals surface area contributed by atoms with Crippen LogP contribution in [0.3, 0.4) is 0 Å². The summed E-state index contributed by atoms with van der Waals surface area (Å²) in [5.74, 6) is -1.03. The average molecular weight is 415 g/mol. The normalized spacial score (nSPS) is 27.3. The van der Waals surface area contributed by atoms with Gasteiger partial charge in [-0.15, -0.1) is 0 Å². The molecule has 2 aromatic carbocycles. The van der Waals surface area contributed by atoms with Gasteiger partial charge in [0, 0.05) is 13.0 Å². The van der Waals surface area contributed by atoms with Crippen molar-refractivity contribution in [2.45, 2.75) is 31.8 Å². The lowest BCUT2D eigenvalue weighted by Crippen LogP contribution is -2.51. The first-order chi connectivity index (χ1) is 15.1. The molecule has 0 radical (unpaired) electrons. The summed E-state index contributed by atoms with van der Waals surface area (Å²) in [7, 11) is 0. The third kappa shape index (κ3) is 3.58. The maximum atomic E-state index is 13.4. The molecule has 0 spiro atoms. The molecule has 1 heterocycles. The molecule has 5 atom stereocenters. The SMILES string of the molecule is O=C(NCc1ccccc1)[C@H](Cc1ccccc1)N1C(=O)[C@@H]2[C@@H](C1=O)[C@H]1C=C[C@H]2CC1. The summed E-state index contributed by atoms with van der Waals surface area (Å²) in [6.07, 6.45) is 6.41. The van der Waals surface area contributed by atoms with Crippen LogP contribution < -0.4 is 5.32 Å². The van der Waals surface area contributed by atoms with Crippen molar-refractivity contribution < 1.29 is 14.4 Å². The maximum absolute atomic E-state index is 13.4. The summed E-state index contributed by atoms with van der Waals surface area (Å²) in [5, 5.41) is 2.96. The molecule has 2 fully saturated rings. The van der Waals surface area contributed by atoms with Gasteiger partial charge >= 0.3 is 0 Å². The smallest absolute Gasteiger partial charge is 0.243 e. The molecule has 158 valence electrons. The van der Waals surface area contributed by atoms with Crippen LogP contribution in [0.1, 0.15) is 24.0 Å². The van der Waals surface area contributed by atoms with Gasteiger partial charge in [-0.05, 0) is 35.8 Å². The van der Waals surface area contributed by atoms with E-state index in [4.69, 9.17) is 0 Å². The van der Waals surface area contributed by atoms with Gasteiger partial charge in [-0.1, -0.05) is 72.8 Å². The van der Waals surface area contributed by atoms with Crippen LogP contribution in [0.2, 0.25) is 0 Å².